The molecule has 30 heavy (non-hydrogen) atoms. The predicted molar refractivity (Wildman–Crippen MR) is 108 cm³/mol. The number of ether oxygens (including phenoxy) is 4. The van der Waals surface area contributed by atoms with Crippen molar-refractivity contribution in [3.05, 3.63) is 35.9 Å². The lowest BCUT2D eigenvalue weighted by molar-refractivity contribution is -0.172. The van der Waals surface area contributed by atoms with Crippen LogP contribution >= 0.6 is 0 Å². The minimum Gasteiger partial charge on any atom is -0.466 e. The second-order valence-electron chi connectivity index (χ2n) is 8.35. The Morgan fingerprint density at radius 3 is 2.70 bits per heavy atom. The Balaban J connectivity index is 1.36. The normalized spacial score (nSPS) is 30.3. The lowest BCUT2D eigenvalue weighted by Gasteiger charge is -2.32. The lowest BCUT2D eigenvalue weighted by Crippen LogP contribution is -2.43. The molecule has 2 saturated heterocycles. The highest BCUT2D eigenvalue weighted by atomic mass is 16.7. The zero-order chi connectivity index (χ0) is 20.9. The van der Waals surface area contributed by atoms with Crippen LogP contribution in [0.15, 0.2) is 30.3 Å². The fraction of sp³-hybridized carbons (Fsp3) is 0.652. The fourth-order valence-corrected chi connectivity index (χ4v) is 4.78. The molecular formula is C23H31NO6. The molecule has 7 nitrogen and oxygen atoms in total. The minimum absolute atomic E-state index is 0.0768. The fourth-order valence-electron chi connectivity index (χ4n) is 4.78. The first-order valence-electron chi connectivity index (χ1n) is 11.0. The summed E-state index contributed by atoms with van der Waals surface area (Å²) in [6.45, 7) is 4.68. The van der Waals surface area contributed by atoms with Crippen LogP contribution in [0.3, 0.4) is 0 Å². The van der Waals surface area contributed by atoms with Crippen LogP contribution in [0, 0.1) is 23.7 Å². The number of nitrogens with zero attached hydrogens (tertiary/aromatic N) is 1. The molecule has 4 rings (SSSR count). The molecule has 1 aliphatic carbocycles. The predicted octanol–water partition coefficient (Wildman–Crippen LogP) is 3.22. The van der Waals surface area contributed by atoms with Gasteiger partial charge in [0.15, 0.2) is 6.29 Å². The van der Waals surface area contributed by atoms with Crippen molar-refractivity contribution < 1.29 is 28.5 Å². The van der Waals surface area contributed by atoms with E-state index in [9.17, 15) is 9.59 Å². The summed E-state index contributed by atoms with van der Waals surface area (Å²) < 4.78 is 22.5. The van der Waals surface area contributed by atoms with Crippen LogP contribution in [0.1, 0.15) is 31.7 Å². The molecular weight excluding hydrogens is 386 g/mol. The van der Waals surface area contributed by atoms with Gasteiger partial charge in [-0.3, -0.25) is 4.79 Å². The van der Waals surface area contributed by atoms with Gasteiger partial charge < -0.3 is 23.8 Å². The molecule has 5 atom stereocenters. The molecule has 1 amide bonds. The summed E-state index contributed by atoms with van der Waals surface area (Å²) in [5, 5.41) is 0. The quantitative estimate of drug-likeness (QED) is 0.634. The van der Waals surface area contributed by atoms with E-state index in [2.05, 4.69) is 0 Å². The van der Waals surface area contributed by atoms with Gasteiger partial charge >= 0.3 is 12.1 Å². The number of rotatable bonds is 7. The first kappa shape index (κ1) is 21.1. The summed E-state index contributed by atoms with van der Waals surface area (Å²) >= 11 is 0. The topological polar surface area (TPSA) is 74.3 Å². The largest absolute Gasteiger partial charge is 0.466 e. The molecule has 3 fully saturated rings. The van der Waals surface area contributed by atoms with Gasteiger partial charge in [-0.05, 0) is 43.6 Å². The van der Waals surface area contributed by atoms with E-state index in [-0.39, 0.29) is 48.6 Å². The van der Waals surface area contributed by atoms with Gasteiger partial charge in [-0.1, -0.05) is 30.3 Å². The molecule has 7 heteroatoms. The van der Waals surface area contributed by atoms with Crippen LogP contribution in [0.4, 0.5) is 4.79 Å². The van der Waals surface area contributed by atoms with E-state index in [4.69, 9.17) is 18.9 Å². The van der Waals surface area contributed by atoms with Crippen LogP contribution in [0.5, 0.6) is 0 Å². The number of likely N-dealkylation sites (tertiary alicyclic amines) is 1. The molecule has 3 aliphatic rings. The highest BCUT2D eigenvalue weighted by Gasteiger charge is 2.62. The van der Waals surface area contributed by atoms with Crippen molar-refractivity contribution in [1.29, 1.82) is 0 Å². The Bertz CT molecular complexity index is 720. The molecule has 1 aromatic carbocycles. The van der Waals surface area contributed by atoms with Gasteiger partial charge in [-0.2, -0.15) is 0 Å². The zero-order valence-corrected chi connectivity index (χ0v) is 17.5. The Kier molecular flexibility index (Phi) is 6.89. The van der Waals surface area contributed by atoms with Gasteiger partial charge in [0, 0.05) is 25.6 Å². The summed E-state index contributed by atoms with van der Waals surface area (Å²) in [6, 6.07) is 9.63. The van der Waals surface area contributed by atoms with Gasteiger partial charge in [0.1, 0.15) is 6.61 Å². The number of amides is 1. The standard InChI is InChI=1S/C23H31NO6/c1-2-27-22(25)21-18-13-24(23(26)30-14-16-8-4-3-5-9-16)12-17(20(18)21)15-29-19-10-6-7-11-28-19/h3-5,8-9,17-21H,2,6-7,10-15H2,1H3. The molecule has 2 heterocycles. The van der Waals surface area contributed by atoms with E-state index in [0.29, 0.717) is 26.3 Å². The monoisotopic (exact) mass is 417 g/mol. The van der Waals surface area contributed by atoms with Gasteiger partial charge in [-0.25, -0.2) is 4.79 Å². The van der Waals surface area contributed by atoms with Gasteiger partial charge in [0.05, 0.1) is 19.1 Å². The van der Waals surface area contributed by atoms with Gasteiger partial charge in [-0.15, -0.1) is 0 Å². The average molecular weight is 418 g/mol. The number of carbonyl (C=O) groups excluding carboxylic acids is 2. The molecule has 0 radical (unpaired) electrons. The van der Waals surface area contributed by atoms with Crippen molar-refractivity contribution in [2.45, 2.75) is 39.1 Å². The number of piperidine rings is 1. The van der Waals surface area contributed by atoms with Crippen LogP contribution in [-0.4, -0.2) is 56.2 Å². The summed E-state index contributed by atoms with van der Waals surface area (Å²) in [5.74, 6) is 0.0744. The number of carbonyl (C=O) groups is 2. The highest BCUT2D eigenvalue weighted by molar-refractivity contribution is 5.77. The summed E-state index contributed by atoms with van der Waals surface area (Å²) in [4.78, 5) is 26.8. The molecule has 0 spiro atoms. The zero-order valence-electron chi connectivity index (χ0n) is 17.5. The highest BCUT2D eigenvalue weighted by Crippen LogP contribution is 2.55. The molecule has 2 aliphatic heterocycles. The molecule has 0 bridgehead atoms. The second kappa shape index (κ2) is 9.79. The molecule has 1 aromatic rings. The summed E-state index contributed by atoms with van der Waals surface area (Å²) in [5.41, 5.74) is 0.950. The molecule has 1 saturated carbocycles. The molecule has 0 N–H and O–H groups in total. The van der Waals surface area contributed by atoms with E-state index in [1.807, 2.05) is 37.3 Å². The number of hydrogen-bond acceptors (Lipinski definition) is 6. The van der Waals surface area contributed by atoms with Crippen molar-refractivity contribution in [1.82, 2.24) is 4.90 Å². The third-order valence-corrected chi connectivity index (χ3v) is 6.32. The first-order chi connectivity index (χ1) is 14.7. The van der Waals surface area contributed by atoms with Crippen LogP contribution in [0.25, 0.3) is 0 Å². The minimum atomic E-state index is -0.342. The van der Waals surface area contributed by atoms with Crippen molar-refractivity contribution in [2.75, 3.05) is 32.9 Å². The van der Waals surface area contributed by atoms with E-state index in [1.165, 1.54) is 0 Å². The van der Waals surface area contributed by atoms with Gasteiger partial charge in [0.2, 0.25) is 0 Å². The Morgan fingerprint density at radius 2 is 1.97 bits per heavy atom. The Morgan fingerprint density at radius 1 is 1.13 bits per heavy atom. The molecule has 5 unspecified atom stereocenters. The van der Waals surface area contributed by atoms with Crippen LogP contribution in [0.2, 0.25) is 0 Å². The van der Waals surface area contributed by atoms with E-state index in [0.717, 1.165) is 31.4 Å². The van der Waals surface area contributed by atoms with Crippen molar-refractivity contribution in [3.8, 4) is 0 Å². The van der Waals surface area contributed by atoms with Crippen molar-refractivity contribution >= 4 is 12.1 Å². The maximum atomic E-state index is 12.7. The number of benzene rings is 1. The van der Waals surface area contributed by atoms with Crippen LogP contribution < -0.4 is 0 Å². The van der Waals surface area contributed by atoms with E-state index < -0.39 is 0 Å². The number of esters is 1. The first-order valence-corrected chi connectivity index (χ1v) is 11.0. The van der Waals surface area contributed by atoms with Crippen molar-refractivity contribution in [3.63, 3.8) is 0 Å². The summed E-state index contributed by atoms with van der Waals surface area (Å²) in [7, 11) is 0. The van der Waals surface area contributed by atoms with Gasteiger partial charge in [0.25, 0.3) is 0 Å². The number of fused-ring (bicyclic) bond motifs is 1. The lowest BCUT2D eigenvalue weighted by atomic mass is 9.98. The average Bonchev–Trinajstić information content (AvgIpc) is 3.52. The second-order valence-corrected chi connectivity index (χ2v) is 8.35. The smallest absolute Gasteiger partial charge is 0.410 e. The van der Waals surface area contributed by atoms with Crippen LogP contribution in [-0.2, 0) is 30.3 Å². The number of hydrogen-bond donors (Lipinski definition) is 0. The Labute approximate surface area is 177 Å². The maximum Gasteiger partial charge on any atom is 0.410 e. The van der Waals surface area contributed by atoms with E-state index >= 15 is 0 Å². The third kappa shape index (κ3) is 4.95. The van der Waals surface area contributed by atoms with Crippen molar-refractivity contribution in [2.24, 2.45) is 23.7 Å². The Hall–Kier alpha value is -2.12. The molecule has 164 valence electrons. The maximum absolute atomic E-state index is 12.7. The third-order valence-electron chi connectivity index (χ3n) is 6.32. The SMILES string of the molecule is CCOC(=O)C1C2CN(C(=O)OCc3ccccc3)CC(COC3CCCCO3)C21. The van der Waals surface area contributed by atoms with E-state index in [1.54, 1.807) is 4.90 Å². The molecule has 0 aromatic heterocycles. The summed E-state index contributed by atoms with van der Waals surface area (Å²) in [6.07, 6.45) is 2.54.